The number of thiazole rings is 1. The van der Waals surface area contributed by atoms with Crippen LogP contribution in [0.5, 0.6) is 0 Å². The number of nitrogens with zero attached hydrogens (tertiary/aromatic N) is 3. The number of amides is 2. The molecule has 0 radical (unpaired) electrons. The average molecular weight is 418 g/mol. The molecule has 11 nitrogen and oxygen atoms in total. The van der Waals surface area contributed by atoms with E-state index in [0.29, 0.717) is 15.9 Å². The largest absolute Gasteiger partial charge is 0.468 e. The number of esters is 1. The van der Waals surface area contributed by atoms with Crippen molar-refractivity contribution in [3.8, 4) is 0 Å². The van der Waals surface area contributed by atoms with E-state index in [-0.39, 0.29) is 23.0 Å². The minimum absolute atomic E-state index is 0.162. The van der Waals surface area contributed by atoms with Gasteiger partial charge < -0.3 is 19.0 Å². The summed E-state index contributed by atoms with van der Waals surface area (Å²) < 4.78 is 11.7. The number of hydrogen-bond acceptors (Lipinski definition) is 8. The predicted octanol–water partition coefficient (Wildman–Crippen LogP) is 2.08. The highest BCUT2D eigenvalue weighted by atomic mass is 32.1. The lowest BCUT2D eigenvalue weighted by Crippen LogP contribution is -2.22. The van der Waals surface area contributed by atoms with Crippen molar-refractivity contribution >= 4 is 50.9 Å². The number of fused-ring (bicyclic) bond motifs is 1. The summed E-state index contributed by atoms with van der Waals surface area (Å²) in [6.07, 6.45) is 0. The number of hydrogen-bond donors (Lipinski definition) is 1. The normalized spacial score (nSPS) is 11.4. The fourth-order valence-corrected chi connectivity index (χ4v) is 3.54. The summed E-state index contributed by atoms with van der Waals surface area (Å²) in [5.74, 6) is -2.54. The number of ether oxygens (including phenoxy) is 1. The lowest BCUT2D eigenvalue weighted by Gasteiger charge is -2.05. The Hall–Kier alpha value is -3.80. The quantitative estimate of drug-likeness (QED) is 0.379. The molecule has 0 saturated heterocycles. The van der Waals surface area contributed by atoms with Crippen molar-refractivity contribution in [1.82, 2.24) is 4.57 Å². The van der Waals surface area contributed by atoms with Gasteiger partial charge in [0.25, 0.3) is 0 Å². The van der Waals surface area contributed by atoms with Crippen LogP contribution < -0.4 is 10.1 Å². The van der Waals surface area contributed by atoms with Crippen molar-refractivity contribution < 1.29 is 28.5 Å². The number of carbonyl (C=O) groups excluding carboxylic acids is 3. The second-order valence-electron chi connectivity index (χ2n) is 5.72. The van der Waals surface area contributed by atoms with Crippen molar-refractivity contribution in [2.75, 3.05) is 12.4 Å². The average Bonchev–Trinajstić information content (AvgIpc) is 3.27. The van der Waals surface area contributed by atoms with Crippen molar-refractivity contribution in [1.29, 1.82) is 0 Å². The maximum atomic E-state index is 12.4. The second-order valence-corrected chi connectivity index (χ2v) is 6.73. The third kappa shape index (κ3) is 4.38. The van der Waals surface area contributed by atoms with Gasteiger partial charge >= 0.3 is 17.8 Å². The van der Waals surface area contributed by atoms with Crippen LogP contribution in [0.25, 0.3) is 10.2 Å². The van der Waals surface area contributed by atoms with E-state index in [2.05, 4.69) is 10.3 Å². The third-order valence-corrected chi connectivity index (χ3v) is 4.74. The summed E-state index contributed by atoms with van der Waals surface area (Å²) in [4.78, 5) is 49.5. The molecule has 1 aromatic carbocycles. The van der Waals surface area contributed by atoms with Gasteiger partial charge in [-0.3, -0.25) is 24.5 Å². The van der Waals surface area contributed by atoms with Crippen molar-refractivity contribution in [2.45, 2.75) is 13.5 Å². The fraction of sp³-hybridized carbons (Fsp3) is 0.176. The van der Waals surface area contributed by atoms with E-state index in [4.69, 9.17) is 9.15 Å². The molecule has 12 heteroatoms. The molecule has 1 N–H and O–H groups in total. The van der Waals surface area contributed by atoms with Crippen LogP contribution in [0.3, 0.4) is 0 Å². The molecule has 3 aromatic rings. The smallest absolute Gasteiger partial charge is 0.433 e. The van der Waals surface area contributed by atoms with Gasteiger partial charge in [0, 0.05) is 12.6 Å². The van der Waals surface area contributed by atoms with Crippen molar-refractivity contribution in [2.24, 2.45) is 4.99 Å². The molecule has 0 fully saturated rings. The first kappa shape index (κ1) is 19.9. The van der Waals surface area contributed by atoms with Gasteiger partial charge in [-0.2, -0.15) is 4.99 Å². The Bertz CT molecular complexity index is 1200. The summed E-state index contributed by atoms with van der Waals surface area (Å²) in [6, 6.07) is 7.19. The van der Waals surface area contributed by atoms with E-state index >= 15 is 0 Å². The Morgan fingerprint density at radius 3 is 2.69 bits per heavy atom. The number of anilines is 1. The molecule has 2 aromatic heterocycles. The van der Waals surface area contributed by atoms with Gasteiger partial charge in [-0.05, 0) is 24.3 Å². The lowest BCUT2D eigenvalue weighted by molar-refractivity contribution is -0.402. The first-order valence-corrected chi connectivity index (χ1v) is 8.91. The van der Waals surface area contributed by atoms with E-state index < -0.39 is 22.7 Å². The Morgan fingerprint density at radius 2 is 2.07 bits per heavy atom. The Kier molecular flexibility index (Phi) is 5.54. The molecular formula is C17H14N4O7S. The number of rotatable bonds is 5. The van der Waals surface area contributed by atoms with E-state index in [1.54, 1.807) is 18.2 Å². The maximum Gasteiger partial charge on any atom is 0.433 e. The summed E-state index contributed by atoms with van der Waals surface area (Å²) >= 11 is 1.09. The highest BCUT2D eigenvalue weighted by Gasteiger charge is 2.18. The molecule has 0 bridgehead atoms. The predicted molar refractivity (Wildman–Crippen MR) is 101 cm³/mol. The molecule has 0 saturated carbocycles. The second kappa shape index (κ2) is 8.06. The van der Waals surface area contributed by atoms with E-state index in [1.807, 2.05) is 0 Å². The molecular weight excluding hydrogens is 404 g/mol. The SMILES string of the molecule is COC(=O)Cn1c(=NC(=O)c2ccc([N+](=O)[O-])o2)sc2cc(NC(C)=O)ccc21. The maximum absolute atomic E-state index is 12.4. The zero-order chi connectivity index (χ0) is 21.1. The number of aromatic nitrogens is 1. The zero-order valence-corrected chi connectivity index (χ0v) is 16.0. The standard InChI is InChI=1S/C17H14N4O7S/c1-9(22)18-10-3-4-11-13(7-10)29-17(20(11)8-15(23)27-2)19-16(24)12-5-6-14(28-12)21(25)26/h3-7H,8H2,1-2H3,(H,18,22). The molecule has 3 rings (SSSR count). The number of furan rings is 1. The monoisotopic (exact) mass is 418 g/mol. The van der Waals surface area contributed by atoms with Gasteiger partial charge in [-0.15, -0.1) is 0 Å². The number of methoxy groups -OCH3 is 1. The van der Waals surface area contributed by atoms with Crippen LogP contribution in [0, 0.1) is 10.1 Å². The topological polar surface area (TPSA) is 146 Å². The zero-order valence-electron chi connectivity index (χ0n) is 15.2. The summed E-state index contributed by atoms with van der Waals surface area (Å²) in [5, 5.41) is 13.4. The van der Waals surface area contributed by atoms with Crippen molar-refractivity contribution in [3.63, 3.8) is 0 Å². The van der Waals surface area contributed by atoms with E-state index in [1.165, 1.54) is 18.6 Å². The highest BCUT2D eigenvalue weighted by molar-refractivity contribution is 7.16. The van der Waals surface area contributed by atoms with Crippen molar-refractivity contribution in [3.05, 3.63) is 51.0 Å². The van der Waals surface area contributed by atoms with E-state index in [0.717, 1.165) is 23.5 Å². The first-order valence-electron chi connectivity index (χ1n) is 8.09. The van der Waals surface area contributed by atoms with Crippen LogP contribution in [-0.2, 0) is 20.9 Å². The minimum Gasteiger partial charge on any atom is -0.468 e. The summed E-state index contributed by atoms with van der Waals surface area (Å²) in [6.45, 7) is 1.17. The van der Waals surface area contributed by atoms with Crippen LogP contribution in [0.1, 0.15) is 17.5 Å². The molecule has 2 amide bonds. The first-order chi connectivity index (χ1) is 13.8. The minimum atomic E-state index is -0.842. The van der Waals surface area contributed by atoms with Crippen LogP contribution >= 0.6 is 11.3 Å². The van der Waals surface area contributed by atoms with E-state index in [9.17, 15) is 24.5 Å². The van der Waals surface area contributed by atoms with Gasteiger partial charge in [-0.25, -0.2) is 0 Å². The van der Waals surface area contributed by atoms with Crippen LogP contribution in [-0.4, -0.2) is 34.4 Å². The third-order valence-electron chi connectivity index (χ3n) is 3.70. The van der Waals surface area contributed by atoms with Crippen LogP contribution in [0.15, 0.2) is 39.7 Å². The van der Waals surface area contributed by atoms with Gasteiger partial charge in [0.05, 0.1) is 23.4 Å². The highest BCUT2D eigenvalue weighted by Crippen LogP contribution is 2.22. The van der Waals surface area contributed by atoms with Crippen LogP contribution in [0.2, 0.25) is 0 Å². The number of nitro groups is 1. The molecule has 0 atom stereocenters. The molecule has 0 spiro atoms. The molecule has 150 valence electrons. The molecule has 2 heterocycles. The lowest BCUT2D eigenvalue weighted by atomic mass is 10.3. The number of carbonyl (C=O) groups is 3. The Morgan fingerprint density at radius 1 is 1.31 bits per heavy atom. The van der Waals surface area contributed by atoms with Gasteiger partial charge in [0.2, 0.25) is 11.7 Å². The Balaban J connectivity index is 2.10. The molecule has 29 heavy (non-hydrogen) atoms. The molecule has 0 aliphatic rings. The summed E-state index contributed by atoms with van der Waals surface area (Å²) in [5.41, 5.74) is 1.13. The molecule has 0 unspecified atom stereocenters. The molecule has 0 aliphatic heterocycles. The summed E-state index contributed by atoms with van der Waals surface area (Å²) in [7, 11) is 1.23. The molecule has 0 aliphatic carbocycles. The number of benzene rings is 1. The number of nitrogens with one attached hydrogen (secondary N) is 1. The van der Waals surface area contributed by atoms with Gasteiger partial charge in [0.1, 0.15) is 11.5 Å². The van der Waals surface area contributed by atoms with Crippen LogP contribution in [0.4, 0.5) is 11.6 Å². The fourth-order valence-electron chi connectivity index (χ4n) is 2.47. The Labute approximate surface area is 166 Å². The van der Waals surface area contributed by atoms with Gasteiger partial charge in [0.15, 0.2) is 4.80 Å². The van der Waals surface area contributed by atoms with Gasteiger partial charge in [-0.1, -0.05) is 11.3 Å².